The molecule has 0 spiro atoms. The first-order chi connectivity index (χ1) is 6.52. The summed E-state index contributed by atoms with van der Waals surface area (Å²) in [6, 6.07) is 5.18. The molecule has 3 nitrogen and oxygen atoms in total. The third-order valence-corrected chi connectivity index (χ3v) is 2.39. The molecule has 0 aliphatic rings. The third kappa shape index (κ3) is 2.39. The monoisotopic (exact) mass is 213 g/mol. The minimum atomic E-state index is -0.850. The number of carboxylic acid groups (broad SMARTS) is 1. The van der Waals surface area contributed by atoms with Crippen molar-refractivity contribution in [2.75, 3.05) is 5.73 Å². The van der Waals surface area contributed by atoms with E-state index in [0.717, 1.165) is 5.56 Å². The second kappa shape index (κ2) is 4.33. The molecular formula is C10H12ClNO2. The molecule has 0 saturated heterocycles. The maximum Gasteiger partial charge on any atom is 0.303 e. The Morgan fingerprint density at radius 2 is 2.29 bits per heavy atom. The maximum absolute atomic E-state index is 10.5. The van der Waals surface area contributed by atoms with Crippen LogP contribution < -0.4 is 5.73 Å². The Bertz CT molecular complexity index is 332. The van der Waals surface area contributed by atoms with E-state index in [4.69, 9.17) is 22.4 Å². The lowest BCUT2D eigenvalue weighted by Gasteiger charge is -2.13. The number of hydrogen-bond acceptors (Lipinski definition) is 2. The minimum Gasteiger partial charge on any atom is -0.481 e. The number of hydrogen-bond donors (Lipinski definition) is 2. The van der Waals surface area contributed by atoms with Crippen LogP contribution in [0, 0.1) is 0 Å². The fraction of sp³-hybridized carbons (Fsp3) is 0.300. The number of nitrogens with two attached hydrogens (primary N) is 1. The van der Waals surface area contributed by atoms with Gasteiger partial charge in [-0.2, -0.15) is 0 Å². The molecule has 76 valence electrons. The first-order valence-corrected chi connectivity index (χ1v) is 4.66. The third-order valence-electron chi connectivity index (χ3n) is 2.06. The van der Waals surface area contributed by atoms with Gasteiger partial charge in [0.05, 0.1) is 6.42 Å². The van der Waals surface area contributed by atoms with Crippen LogP contribution in [0.2, 0.25) is 5.02 Å². The molecule has 14 heavy (non-hydrogen) atoms. The van der Waals surface area contributed by atoms with Gasteiger partial charge in [-0.15, -0.1) is 0 Å². The molecule has 3 N–H and O–H groups in total. The van der Waals surface area contributed by atoms with Gasteiger partial charge in [-0.25, -0.2) is 0 Å². The molecule has 1 rings (SSSR count). The summed E-state index contributed by atoms with van der Waals surface area (Å²) in [4.78, 5) is 10.5. The van der Waals surface area contributed by atoms with Crippen LogP contribution in [0.3, 0.4) is 0 Å². The van der Waals surface area contributed by atoms with Gasteiger partial charge in [0.25, 0.3) is 0 Å². The Morgan fingerprint density at radius 1 is 1.64 bits per heavy atom. The van der Waals surface area contributed by atoms with Gasteiger partial charge in [-0.05, 0) is 23.6 Å². The highest BCUT2D eigenvalue weighted by Crippen LogP contribution is 2.31. The number of nitrogen functional groups attached to an aromatic ring is 1. The molecule has 1 aromatic rings. The van der Waals surface area contributed by atoms with E-state index in [-0.39, 0.29) is 12.3 Å². The van der Waals surface area contributed by atoms with Gasteiger partial charge in [0.1, 0.15) is 0 Å². The molecule has 0 aliphatic carbocycles. The highest BCUT2D eigenvalue weighted by Gasteiger charge is 2.15. The van der Waals surface area contributed by atoms with Crippen LogP contribution in [0.15, 0.2) is 18.2 Å². The van der Waals surface area contributed by atoms with Crippen LogP contribution in [-0.4, -0.2) is 11.1 Å². The van der Waals surface area contributed by atoms with Crippen molar-refractivity contribution in [3.63, 3.8) is 0 Å². The Kier molecular flexibility index (Phi) is 3.36. The lowest BCUT2D eigenvalue weighted by molar-refractivity contribution is -0.137. The zero-order chi connectivity index (χ0) is 10.7. The molecule has 0 radical (unpaired) electrons. The van der Waals surface area contributed by atoms with Crippen molar-refractivity contribution in [3.8, 4) is 0 Å². The van der Waals surface area contributed by atoms with Crippen molar-refractivity contribution in [3.05, 3.63) is 28.8 Å². The average molecular weight is 214 g/mol. The van der Waals surface area contributed by atoms with Crippen molar-refractivity contribution in [2.45, 2.75) is 19.3 Å². The smallest absolute Gasteiger partial charge is 0.303 e. The molecule has 4 heteroatoms. The number of halogens is 1. The average Bonchev–Trinajstić information content (AvgIpc) is 2.01. The maximum atomic E-state index is 10.5. The molecule has 0 aliphatic heterocycles. The van der Waals surface area contributed by atoms with E-state index >= 15 is 0 Å². The molecule has 0 heterocycles. The zero-order valence-electron chi connectivity index (χ0n) is 7.83. The Balaban J connectivity index is 2.99. The number of anilines is 1. The summed E-state index contributed by atoms with van der Waals surface area (Å²) in [5, 5.41) is 9.17. The summed E-state index contributed by atoms with van der Waals surface area (Å²) in [6.45, 7) is 1.80. The first-order valence-electron chi connectivity index (χ1n) is 4.28. The predicted molar refractivity (Wildman–Crippen MR) is 56.5 cm³/mol. The quantitative estimate of drug-likeness (QED) is 0.759. The fourth-order valence-electron chi connectivity index (χ4n) is 1.44. The van der Waals surface area contributed by atoms with E-state index in [1.54, 1.807) is 25.1 Å². The SMILES string of the molecule is CC(CC(=O)O)c1c(N)cccc1Cl. The number of carbonyl (C=O) groups is 1. The number of aliphatic carboxylic acids is 1. The van der Waals surface area contributed by atoms with E-state index < -0.39 is 5.97 Å². The van der Waals surface area contributed by atoms with Gasteiger partial charge in [0.15, 0.2) is 0 Å². The van der Waals surface area contributed by atoms with Crippen LogP contribution in [0.5, 0.6) is 0 Å². The number of rotatable bonds is 3. The van der Waals surface area contributed by atoms with Gasteiger partial charge < -0.3 is 10.8 Å². The van der Waals surface area contributed by atoms with Gasteiger partial charge in [-0.3, -0.25) is 4.79 Å². The fourth-order valence-corrected chi connectivity index (χ4v) is 1.81. The molecule has 0 bridgehead atoms. The van der Waals surface area contributed by atoms with E-state index in [1.165, 1.54) is 0 Å². The summed E-state index contributed by atoms with van der Waals surface area (Å²) in [7, 11) is 0. The summed E-state index contributed by atoms with van der Waals surface area (Å²) in [6.07, 6.45) is 0.0356. The molecule has 1 unspecified atom stereocenters. The van der Waals surface area contributed by atoms with Crippen molar-refractivity contribution in [1.82, 2.24) is 0 Å². The van der Waals surface area contributed by atoms with E-state index in [1.807, 2.05) is 0 Å². The summed E-state index contributed by atoms with van der Waals surface area (Å²) in [5.41, 5.74) is 6.99. The van der Waals surface area contributed by atoms with Gasteiger partial charge in [0.2, 0.25) is 0 Å². The first kappa shape index (κ1) is 10.9. The van der Waals surface area contributed by atoms with E-state index in [2.05, 4.69) is 0 Å². The van der Waals surface area contributed by atoms with Crippen LogP contribution in [0.25, 0.3) is 0 Å². The largest absolute Gasteiger partial charge is 0.481 e. The molecule has 0 amide bonds. The molecule has 0 aromatic heterocycles. The van der Waals surface area contributed by atoms with Crippen molar-refractivity contribution < 1.29 is 9.90 Å². The van der Waals surface area contributed by atoms with Gasteiger partial charge in [-0.1, -0.05) is 24.6 Å². The standard InChI is InChI=1S/C10H12ClNO2/c1-6(5-9(13)14)10-7(11)3-2-4-8(10)12/h2-4,6H,5,12H2,1H3,(H,13,14). The Morgan fingerprint density at radius 3 is 2.79 bits per heavy atom. The Hall–Kier alpha value is -1.22. The second-order valence-electron chi connectivity index (χ2n) is 3.24. The summed E-state index contributed by atoms with van der Waals surface area (Å²) >= 11 is 5.93. The lowest BCUT2D eigenvalue weighted by atomic mass is 9.96. The summed E-state index contributed by atoms with van der Waals surface area (Å²) < 4.78 is 0. The normalized spacial score (nSPS) is 12.4. The number of carboxylic acids is 1. The van der Waals surface area contributed by atoms with Crippen LogP contribution >= 0.6 is 11.6 Å². The topological polar surface area (TPSA) is 63.3 Å². The minimum absolute atomic E-state index is 0.0356. The van der Waals surface area contributed by atoms with Crippen LogP contribution in [0.1, 0.15) is 24.8 Å². The Labute approximate surface area is 87.5 Å². The van der Waals surface area contributed by atoms with E-state index in [9.17, 15) is 4.79 Å². The lowest BCUT2D eigenvalue weighted by Crippen LogP contribution is -2.06. The molecule has 0 saturated carbocycles. The molecule has 0 fully saturated rings. The van der Waals surface area contributed by atoms with Crippen molar-refractivity contribution in [1.29, 1.82) is 0 Å². The molecule has 1 atom stereocenters. The highest BCUT2D eigenvalue weighted by atomic mass is 35.5. The van der Waals surface area contributed by atoms with Crippen LogP contribution in [0.4, 0.5) is 5.69 Å². The second-order valence-corrected chi connectivity index (χ2v) is 3.65. The summed E-state index contributed by atoms with van der Waals surface area (Å²) in [5.74, 6) is -1.02. The van der Waals surface area contributed by atoms with E-state index in [0.29, 0.717) is 10.7 Å². The van der Waals surface area contributed by atoms with Crippen molar-refractivity contribution >= 4 is 23.3 Å². The molecule has 1 aromatic carbocycles. The number of benzene rings is 1. The van der Waals surface area contributed by atoms with Gasteiger partial charge in [0, 0.05) is 10.7 Å². The molecular weight excluding hydrogens is 202 g/mol. The van der Waals surface area contributed by atoms with Crippen LogP contribution in [-0.2, 0) is 4.79 Å². The van der Waals surface area contributed by atoms with Crippen molar-refractivity contribution in [2.24, 2.45) is 0 Å². The predicted octanol–water partition coefficient (Wildman–Crippen LogP) is 2.50. The highest BCUT2D eigenvalue weighted by molar-refractivity contribution is 6.31. The van der Waals surface area contributed by atoms with Gasteiger partial charge >= 0.3 is 5.97 Å². The zero-order valence-corrected chi connectivity index (χ0v) is 8.58.